The lowest BCUT2D eigenvalue weighted by Crippen LogP contribution is -2.18. The van der Waals surface area contributed by atoms with Crippen molar-refractivity contribution in [2.45, 2.75) is 32.1 Å². The van der Waals surface area contributed by atoms with Gasteiger partial charge >= 0.3 is 5.97 Å². The smallest absolute Gasteiger partial charge is 0.335 e. The second-order valence-corrected chi connectivity index (χ2v) is 7.53. The normalized spacial score (nSPS) is 12.0. The summed E-state index contributed by atoms with van der Waals surface area (Å²) in [5.74, 6) is -2.63. The van der Waals surface area contributed by atoms with Gasteiger partial charge in [0.05, 0.1) is 27.7 Å². The van der Waals surface area contributed by atoms with Crippen LogP contribution in [-0.4, -0.2) is 25.2 Å². The van der Waals surface area contributed by atoms with Crippen molar-refractivity contribution < 1.29 is 22.7 Å². The average molecular weight is 313 g/mol. The van der Waals surface area contributed by atoms with Crippen LogP contribution in [0, 0.1) is 29.5 Å². The van der Waals surface area contributed by atoms with Crippen LogP contribution in [0.1, 0.15) is 36.2 Å². The van der Waals surface area contributed by atoms with Gasteiger partial charge in [0.25, 0.3) is 0 Å². The third-order valence-corrected chi connectivity index (χ3v) is 5.01. The topological polar surface area (TPSA) is 95.2 Å². The molecule has 0 saturated heterocycles. The van der Waals surface area contributed by atoms with Gasteiger partial charge in [-0.3, -0.25) is 0 Å². The Balaban J connectivity index is 3.26. The molecule has 1 rings (SSSR count). The second-order valence-electron chi connectivity index (χ2n) is 5.45. The Morgan fingerprint density at radius 2 is 2.00 bits per heavy atom. The number of hydrogen-bond acceptors (Lipinski definition) is 4. The first-order chi connectivity index (χ1) is 9.50. The fraction of sp³-hybridized carbons (Fsp3) is 0.429. The standard InChI is InChI=1S/C14H16FNO4S/c1-9-11(15)6-10(13(17)18)7-12(9)21(19,20)5-4-14(2,3)8-16/h6-7H,4-5H2,1-3H3,(H,17,18). The van der Waals surface area contributed by atoms with E-state index in [9.17, 15) is 17.6 Å². The Hall–Kier alpha value is -1.94. The number of sulfone groups is 1. The SMILES string of the molecule is Cc1c(F)cc(C(=O)O)cc1S(=O)(=O)CCC(C)(C)C#N. The molecule has 0 spiro atoms. The maximum absolute atomic E-state index is 13.7. The number of rotatable bonds is 5. The molecular weight excluding hydrogens is 297 g/mol. The predicted octanol–water partition coefficient (Wildman–Crippen LogP) is 2.55. The first-order valence-electron chi connectivity index (χ1n) is 6.17. The van der Waals surface area contributed by atoms with E-state index in [2.05, 4.69) is 0 Å². The number of nitrogens with zero attached hydrogens (tertiary/aromatic N) is 1. The first-order valence-corrected chi connectivity index (χ1v) is 7.83. The van der Waals surface area contributed by atoms with E-state index in [0.29, 0.717) is 0 Å². The van der Waals surface area contributed by atoms with Crippen molar-refractivity contribution in [1.29, 1.82) is 5.26 Å². The third-order valence-electron chi connectivity index (χ3n) is 3.18. The summed E-state index contributed by atoms with van der Waals surface area (Å²) in [5.41, 5.74) is -1.37. The van der Waals surface area contributed by atoms with E-state index < -0.39 is 32.6 Å². The lowest BCUT2D eigenvalue weighted by Gasteiger charge is -2.16. The molecule has 0 atom stereocenters. The zero-order valence-corrected chi connectivity index (χ0v) is 12.8. The zero-order chi connectivity index (χ0) is 16.4. The van der Waals surface area contributed by atoms with Gasteiger partial charge in [-0.2, -0.15) is 5.26 Å². The number of carboxylic acid groups (broad SMARTS) is 1. The number of hydrogen-bond donors (Lipinski definition) is 1. The van der Waals surface area contributed by atoms with Crippen LogP contribution >= 0.6 is 0 Å². The van der Waals surface area contributed by atoms with Gasteiger partial charge < -0.3 is 5.11 Å². The largest absolute Gasteiger partial charge is 0.478 e. The Kier molecular flexibility index (Phi) is 4.74. The first kappa shape index (κ1) is 17.1. The molecule has 0 aliphatic rings. The number of nitriles is 1. The van der Waals surface area contributed by atoms with Crippen LogP contribution in [0.4, 0.5) is 4.39 Å². The summed E-state index contributed by atoms with van der Waals surface area (Å²) < 4.78 is 38.2. The van der Waals surface area contributed by atoms with Gasteiger partial charge in [-0.05, 0) is 39.3 Å². The van der Waals surface area contributed by atoms with E-state index in [-0.39, 0.29) is 22.6 Å². The van der Waals surface area contributed by atoms with Crippen molar-refractivity contribution in [3.8, 4) is 6.07 Å². The summed E-state index contributed by atoms with van der Waals surface area (Å²) in [5, 5.41) is 17.8. The maximum Gasteiger partial charge on any atom is 0.335 e. The molecule has 0 bridgehead atoms. The Morgan fingerprint density at radius 1 is 1.43 bits per heavy atom. The van der Waals surface area contributed by atoms with Gasteiger partial charge in [0, 0.05) is 5.56 Å². The molecule has 21 heavy (non-hydrogen) atoms. The molecule has 1 aromatic rings. The Morgan fingerprint density at radius 3 is 2.48 bits per heavy atom. The molecule has 114 valence electrons. The van der Waals surface area contributed by atoms with Crippen LogP contribution in [0.25, 0.3) is 0 Å². The predicted molar refractivity (Wildman–Crippen MR) is 74.2 cm³/mol. The van der Waals surface area contributed by atoms with E-state index in [1.54, 1.807) is 13.8 Å². The van der Waals surface area contributed by atoms with Crippen molar-refractivity contribution in [2.75, 3.05) is 5.75 Å². The van der Waals surface area contributed by atoms with Crippen LogP contribution in [-0.2, 0) is 9.84 Å². The molecule has 1 N–H and O–H groups in total. The van der Waals surface area contributed by atoms with Gasteiger partial charge in [-0.15, -0.1) is 0 Å². The highest BCUT2D eigenvalue weighted by Crippen LogP contribution is 2.26. The van der Waals surface area contributed by atoms with E-state index in [0.717, 1.165) is 12.1 Å². The van der Waals surface area contributed by atoms with E-state index >= 15 is 0 Å². The number of halogens is 1. The third kappa shape index (κ3) is 4.02. The monoisotopic (exact) mass is 313 g/mol. The van der Waals surface area contributed by atoms with Crippen LogP contribution in [0.2, 0.25) is 0 Å². The molecule has 7 heteroatoms. The lowest BCUT2D eigenvalue weighted by atomic mass is 9.93. The molecule has 0 heterocycles. The molecule has 1 aromatic carbocycles. The average Bonchev–Trinajstić information content (AvgIpc) is 2.39. The van der Waals surface area contributed by atoms with Gasteiger partial charge in [0.15, 0.2) is 9.84 Å². The van der Waals surface area contributed by atoms with E-state index in [1.165, 1.54) is 6.92 Å². The molecule has 0 saturated carbocycles. The fourth-order valence-electron chi connectivity index (χ4n) is 1.66. The van der Waals surface area contributed by atoms with Crippen LogP contribution in [0.3, 0.4) is 0 Å². The van der Waals surface area contributed by atoms with E-state index in [1.807, 2.05) is 6.07 Å². The van der Waals surface area contributed by atoms with Crippen molar-refractivity contribution >= 4 is 15.8 Å². The minimum Gasteiger partial charge on any atom is -0.478 e. The second kappa shape index (κ2) is 5.82. The Labute approximate surface area is 122 Å². The fourth-order valence-corrected chi connectivity index (χ4v) is 3.52. The van der Waals surface area contributed by atoms with Gasteiger partial charge in [0.1, 0.15) is 5.82 Å². The molecule has 5 nitrogen and oxygen atoms in total. The maximum atomic E-state index is 13.7. The summed E-state index contributed by atoms with van der Waals surface area (Å²) in [6.07, 6.45) is 0.0736. The molecule has 0 unspecified atom stereocenters. The van der Waals surface area contributed by atoms with Crippen molar-refractivity contribution in [1.82, 2.24) is 0 Å². The van der Waals surface area contributed by atoms with Crippen LogP contribution < -0.4 is 0 Å². The summed E-state index contributed by atoms with van der Waals surface area (Å²) >= 11 is 0. The van der Waals surface area contributed by atoms with Crippen LogP contribution in [0.15, 0.2) is 17.0 Å². The molecular formula is C14H16FNO4S. The van der Waals surface area contributed by atoms with Crippen molar-refractivity contribution in [3.05, 3.63) is 29.1 Å². The lowest BCUT2D eigenvalue weighted by molar-refractivity contribution is 0.0696. The van der Waals surface area contributed by atoms with Gasteiger partial charge in [0.2, 0.25) is 0 Å². The zero-order valence-electron chi connectivity index (χ0n) is 12.0. The summed E-state index contributed by atoms with van der Waals surface area (Å²) in [7, 11) is -3.87. The molecule has 0 amide bonds. The summed E-state index contributed by atoms with van der Waals surface area (Å²) in [4.78, 5) is 10.6. The van der Waals surface area contributed by atoms with Crippen molar-refractivity contribution in [3.63, 3.8) is 0 Å². The Bertz CT molecular complexity index is 717. The van der Waals surface area contributed by atoms with Gasteiger partial charge in [-0.1, -0.05) is 0 Å². The number of benzene rings is 1. The van der Waals surface area contributed by atoms with E-state index in [4.69, 9.17) is 10.4 Å². The number of carbonyl (C=O) groups is 1. The van der Waals surface area contributed by atoms with Crippen LogP contribution in [0.5, 0.6) is 0 Å². The minimum atomic E-state index is -3.87. The molecule has 0 fully saturated rings. The molecule has 0 aliphatic carbocycles. The number of carboxylic acids is 1. The van der Waals surface area contributed by atoms with Crippen molar-refractivity contribution in [2.24, 2.45) is 5.41 Å². The quantitative estimate of drug-likeness (QED) is 0.901. The highest BCUT2D eigenvalue weighted by molar-refractivity contribution is 7.91. The molecule has 0 aliphatic heterocycles. The number of aromatic carboxylic acids is 1. The highest BCUT2D eigenvalue weighted by atomic mass is 32.2. The summed E-state index contributed by atoms with van der Waals surface area (Å²) in [6.45, 7) is 4.48. The molecule has 0 aromatic heterocycles. The highest BCUT2D eigenvalue weighted by Gasteiger charge is 2.26. The summed E-state index contributed by atoms with van der Waals surface area (Å²) in [6, 6.07) is 3.73. The minimum absolute atomic E-state index is 0.0736. The van der Waals surface area contributed by atoms with Gasteiger partial charge in [-0.25, -0.2) is 17.6 Å². The molecule has 0 radical (unpaired) electrons.